The zero-order valence-electron chi connectivity index (χ0n) is 9.65. The van der Waals surface area contributed by atoms with Crippen LogP contribution in [0.3, 0.4) is 0 Å². The van der Waals surface area contributed by atoms with Crippen molar-refractivity contribution in [2.45, 2.75) is 38.5 Å². The molecule has 16 heavy (non-hydrogen) atoms. The average molecular weight is 326 g/mol. The van der Waals surface area contributed by atoms with Crippen molar-refractivity contribution in [1.29, 1.82) is 0 Å². The van der Waals surface area contributed by atoms with Crippen LogP contribution in [0.15, 0.2) is 30.3 Å². The molecule has 0 atom stereocenters. The molecule has 1 radical (unpaired) electrons. The Bertz CT molecular complexity index is 275. The van der Waals surface area contributed by atoms with E-state index in [-0.39, 0.29) is 0 Å². The molecular weight excluding hydrogens is 307 g/mol. The van der Waals surface area contributed by atoms with Crippen LogP contribution in [0.4, 0.5) is 0 Å². The molecule has 0 heterocycles. The molecular formula is C13H19O2Sn. The SMILES string of the molecule is [O]=[Sn][O]CCCCCCCc1ccccc1. The second-order valence-electron chi connectivity index (χ2n) is 3.94. The molecule has 0 saturated carbocycles. The van der Waals surface area contributed by atoms with E-state index in [2.05, 4.69) is 30.3 Å². The van der Waals surface area contributed by atoms with Gasteiger partial charge in [0.15, 0.2) is 0 Å². The standard InChI is InChI=1S/C13H19O.O.Sn/c14-12-8-3-1-2-5-9-13-10-6-4-7-11-13;;/h4,6-7,10-11H,1-3,5,8-9,12H2;;/q-1;;+1. The zero-order chi connectivity index (χ0) is 11.5. The Labute approximate surface area is 109 Å². The topological polar surface area (TPSA) is 26.3 Å². The quantitative estimate of drug-likeness (QED) is 0.515. The molecule has 1 aromatic carbocycles. The Balaban J connectivity index is 1.90. The predicted octanol–water partition coefficient (Wildman–Crippen LogP) is 3.16. The van der Waals surface area contributed by atoms with Crippen LogP contribution in [-0.4, -0.2) is 28.1 Å². The Morgan fingerprint density at radius 1 is 0.938 bits per heavy atom. The third-order valence-corrected chi connectivity index (χ3v) is 3.53. The van der Waals surface area contributed by atoms with Crippen molar-refractivity contribution in [3.05, 3.63) is 35.9 Å². The van der Waals surface area contributed by atoms with Gasteiger partial charge in [-0.1, -0.05) is 0 Å². The van der Waals surface area contributed by atoms with Gasteiger partial charge < -0.3 is 0 Å². The van der Waals surface area contributed by atoms with E-state index >= 15 is 0 Å². The number of aryl methyl sites for hydroxylation is 1. The normalized spacial score (nSPS) is 10.2. The number of benzene rings is 1. The molecule has 0 aliphatic rings. The van der Waals surface area contributed by atoms with Gasteiger partial charge in [-0.2, -0.15) is 0 Å². The molecule has 87 valence electrons. The number of hydrogen-bond donors (Lipinski definition) is 0. The summed E-state index contributed by atoms with van der Waals surface area (Å²) in [5.41, 5.74) is 1.43. The van der Waals surface area contributed by atoms with E-state index in [0.717, 1.165) is 6.42 Å². The summed E-state index contributed by atoms with van der Waals surface area (Å²) in [6, 6.07) is 10.6. The average Bonchev–Trinajstić information content (AvgIpc) is 2.34. The molecule has 0 unspecified atom stereocenters. The van der Waals surface area contributed by atoms with Crippen molar-refractivity contribution in [1.82, 2.24) is 0 Å². The molecule has 2 nitrogen and oxygen atoms in total. The molecule has 0 aromatic heterocycles. The summed E-state index contributed by atoms with van der Waals surface area (Å²) in [5, 5.41) is 0. The molecule has 0 aliphatic carbocycles. The first-order chi connectivity index (χ1) is 7.93. The molecule has 0 spiro atoms. The van der Waals surface area contributed by atoms with Gasteiger partial charge in [-0.05, 0) is 0 Å². The van der Waals surface area contributed by atoms with E-state index < -0.39 is 21.5 Å². The first kappa shape index (κ1) is 13.8. The second-order valence-corrected chi connectivity index (χ2v) is 5.23. The summed E-state index contributed by atoms with van der Waals surface area (Å²) < 4.78 is 15.1. The fourth-order valence-electron chi connectivity index (χ4n) is 1.72. The van der Waals surface area contributed by atoms with Gasteiger partial charge in [0.05, 0.1) is 0 Å². The van der Waals surface area contributed by atoms with E-state index in [4.69, 9.17) is 3.07 Å². The van der Waals surface area contributed by atoms with Crippen molar-refractivity contribution >= 4 is 21.5 Å². The third-order valence-electron chi connectivity index (χ3n) is 2.61. The van der Waals surface area contributed by atoms with Crippen LogP contribution in [0.25, 0.3) is 0 Å². The first-order valence-corrected chi connectivity index (χ1v) is 8.29. The van der Waals surface area contributed by atoms with E-state index in [9.17, 15) is 3.08 Å². The fourth-order valence-corrected chi connectivity index (χ4v) is 2.37. The predicted molar refractivity (Wildman–Crippen MR) is 65.6 cm³/mol. The van der Waals surface area contributed by atoms with Gasteiger partial charge in [0.2, 0.25) is 0 Å². The van der Waals surface area contributed by atoms with E-state index in [1.54, 1.807) is 0 Å². The summed E-state index contributed by atoms with van der Waals surface area (Å²) in [6.45, 7) is 0.703. The van der Waals surface area contributed by atoms with Gasteiger partial charge >= 0.3 is 109 Å². The van der Waals surface area contributed by atoms with Gasteiger partial charge in [0.25, 0.3) is 0 Å². The number of rotatable bonds is 9. The molecule has 0 aliphatic heterocycles. The van der Waals surface area contributed by atoms with Gasteiger partial charge in [-0.15, -0.1) is 0 Å². The van der Waals surface area contributed by atoms with Crippen LogP contribution < -0.4 is 0 Å². The first-order valence-electron chi connectivity index (χ1n) is 5.96. The molecule has 1 aromatic rings. The zero-order valence-corrected chi connectivity index (χ0v) is 12.5. The molecule has 1 rings (SSSR count). The maximum atomic E-state index is 10.2. The second kappa shape index (κ2) is 9.97. The van der Waals surface area contributed by atoms with Crippen LogP contribution in [0.5, 0.6) is 0 Å². The minimum absolute atomic E-state index is 0.703. The van der Waals surface area contributed by atoms with Gasteiger partial charge in [0.1, 0.15) is 0 Å². The van der Waals surface area contributed by atoms with Crippen molar-refractivity contribution in [3.63, 3.8) is 0 Å². The number of unbranched alkanes of at least 4 members (excludes halogenated alkanes) is 4. The Morgan fingerprint density at radius 2 is 1.62 bits per heavy atom. The molecule has 0 N–H and O–H groups in total. The monoisotopic (exact) mass is 327 g/mol. The summed E-state index contributed by atoms with van der Waals surface area (Å²) in [6.07, 6.45) is 7.27. The van der Waals surface area contributed by atoms with E-state index in [1.165, 1.54) is 37.7 Å². The Morgan fingerprint density at radius 3 is 2.38 bits per heavy atom. The van der Waals surface area contributed by atoms with Gasteiger partial charge in [0, 0.05) is 0 Å². The minimum atomic E-state index is -1.64. The number of hydrogen-bond acceptors (Lipinski definition) is 2. The summed E-state index contributed by atoms with van der Waals surface area (Å²) in [4.78, 5) is 0. The van der Waals surface area contributed by atoms with Crippen LogP contribution >= 0.6 is 0 Å². The third kappa shape index (κ3) is 7.12. The summed E-state index contributed by atoms with van der Waals surface area (Å²) in [5.74, 6) is 0. The Hall–Kier alpha value is -0.221. The van der Waals surface area contributed by atoms with E-state index in [0.29, 0.717) is 6.61 Å². The maximum absolute atomic E-state index is 10.2. The molecule has 3 heteroatoms. The van der Waals surface area contributed by atoms with Crippen molar-refractivity contribution < 1.29 is 6.15 Å². The van der Waals surface area contributed by atoms with Gasteiger partial charge in [-0.25, -0.2) is 0 Å². The summed E-state index contributed by atoms with van der Waals surface area (Å²) >= 11 is -1.64. The van der Waals surface area contributed by atoms with Crippen molar-refractivity contribution in [3.8, 4) is 0 Å². The molecule has 0 saturated heterocycles. The van der Waals surface area contributed by atoms with Crippen LogP contribution in [-0.2, 0) is 12.6 Å². The summed E-state index contributed by atoms with van der Waals surface area (Å²) in [7, 11) is 0. The van der Waals surface area contributed by atoms with Crippen LogP contribution in [0.2, 0.25) is 0 Å². The molecule has 0 amide bonds. The fraction of sp³-hybridized carbons (Fsp3) is 0.538. The van der Waals surface area contributed by atoms with Crippen molar-refractivity contribution in [2.24, 2.45) is 0 Å². The molecule has 0 fully saturated rings. The van der Waals surface area contributed by atoms with Crippen LogP contribution in [0, 0.1) is 0 Å². The Kier molecular flexibility index (Phi) is 8.62. The van der Waals surface area contributed by atoms with Gasteiger partial charge in [-0.3, -0.25) is 0 Å². The van der Waals surface area contributed by atoms with Crippen LogP contribution in [0.1, 0.15) is 37.7 Å². The van der Waals surface area contributed by atoms with E-state index in [1.807, 2.05) is 0 Å². The van der Waals surface area contributed by atoms with Crippen molar-refractivity contribution in [2.75, 3.05) is 6.61 Å². The molecule has 0 bridgehead atoms.